The smallest absolute Gasteiger partial charge is 0.200 e. The summed E-state index contributed by atoms with van der Waals surface area (Å²) in [5.74, 6) is 0.747. The molecule has 2 nitrogen and oxygen atoms in total. The third kappa shape index (κ3) is 5.22. The van der Waals surface area contributed by atoms with E-state index in [1.54, 1.807) is 6.92 Å². The van der Waals surface area contributed by atoms with Crippen LogP contribution in [0.3, 0.4) is 0 Å². The standard InChI is InChI=1S/C9H19O2P.Fe/c1-2-12(10,11)8-7-9-5-3-4-6-9;/h9H,2-8H2,1H3,(H,10,11);. The first-order chi connectivity index (χ1) is 5.64. The fraction of sp³-hybridized carbons (Fsp3) is 1.00. The van der Waals surface area contributed by atoms with Gasteiger partial charge in [0.1, 0.15) is 0 Å². The molecule has 1 N–H and O–H groups in total. The topological polar surface area (TPSA) is 37.3 Å². The van der Waals surface area contributed by atoms with E-state index in [2.05, 4.69) is 0 Å². The molecule has 1 unspecified atom stereocenters. The molecule has 1 rings (SSSR count). The van der Waals surface area contributed by atoms with Crippen LogP contribution in [0.1, 0.15) is 39.0 Å². The number of hydrogen-bond donors (Lipinski definition) is 1. The van der Waals surface area contributed by atoms with Crippen molar-refractivity contribution in [2.24, 2.45) is 5.92 Å². The molecule has 0 saturated heterocycles. The first-order valence-corrected chi connectivity index (χ1v) is 6.98. The molecule has 1 atom stereocenters. The zero-order chi connectivity index (χ0) is 9.03. The average Bonchev–Trinajstić information content (AvgIpc) is 2.53. The summed E-state index contributed by atoms with van der Waals surface area (Å²) in [5, 5.41) is 0. The molecule has 0 amide bonds. The Balaban J connectivity index is 0.00000144. The van der Waals surface area contributed by atoms with E-state index in [9.17, 15) is 9.46 Å². The molecule has 13 heavy (non-hydrogen) atoms. The third-order valence-corrected chi connectivity index (χ3v) is 4.80. The van der Waals surface area contributed by atoms with E-state index < -0.39 is 7.37 Å². The zero-order valence-electron chi connectivity index (χ0n) is 8.18. The van der Waals surface area contributed by atoms with Gasteiger partial charge in [-0.1, -0.05) is 32.6 Å². The molecule has 1 aliphatic carbocycles. The van der Waals surface area contributed by atoms with E-state index in [0.29, 0.717) is 12.3 Å². The van der Waals surface area contributed by atoms with Crippen LogP contribution in [0.15, 0.2) is 0 Å². The Hall–Kier alpha value is 0.709. The first-order valence-electron chi connectivity index (χ1n) is 4.95. The Morgan fingerprint density at radius 3 is 2.38 bits per heavy atom. The quantitative estimate of drug-likeness (QED) is 0.611. The van der Waals surface area contributed by atoms with Gasteiger partial charge in [0, 0.05) is 29.4 Å². The second-order valence-electron chi connectivity index (χ2n) is 3.83. The van der Waals surface area contributed by atoms with E-state index in [0.717, 1.165) is 12.3 Å². The minimum absolute atomic E-state index is 0. The first kappa shape index (κ1) is 13.7. The number of hydrogen-bond acceptors (Lipinski definition) is 1. The van der Waals surface area contributed by atoms with E-state index in [-0.39, 0.29) is 17.1 Å². The van der Waals surface area contributed by atoms with Gasteiger partial charge in [-0.3, -0.25) is 4.57 Å². The van der Waals surface area contributed by atoms with E-state index >= 15 is 0 Å². The van der Waals surface area contributed by atoms with Crippen LogP contribution in [0.4, 0.5) is 0 Å². The van der Waals surface area contributed by atoms with Crippen molar-refractivity contribution >= 4 is 7.37 Å². The third-order valence-electron chi connectivity index (χ3n) is 2.86. The molecular formula is C9H19FeO2P. The van der Waals surface area contributed by atoms with Gasteiger partial charge in [0.15, 0.2) is 7.37 Å². The summed E-state index contributed by atoms with van der Waals surface area (Å²) >= 11 is 0. The molecule has 0 aliphatic heterocycles. The van der Waals surface area contributed by atoms with Gasteiger partial charge in [-0.05, 0) is 12.3 Å². The van der Waals surface area contributed by atoms with Crippen LogP contribution < -0.4 is 0 Å². The van der Waals surface area contributed by atoms with Gasteiger partial charge in [-0.2, -0.15) is 0 Å². The van der Waals surface area contributed by atoms with Crippen molar-refractivity contribution in [2.75, 3.05) is 12.3 Å². The van der Waals surface area contributed by atoms with Crippen LogP contribution in [0, 0.1) is 5.92 Å². The average molecular weight is 246 g/mol. The van der Waals surface area contributed by atoms with Crippen molar-refractivity contribution in [1.29, 1.82) is 0 Å². The number of rotatable bonds is 4. The summed E-state index contributed by atoms with van der Waals surface area (Å²) in [6.45, 7) is 1.80. The zero-order valence-corrected chi connectivity index (χ0v) is 10.2. The Labute approximate surface area is 91.4 Å². The monoisotopic (exact) mass is 246 g/mol. The Bertz CT molecular complexity index is 178. The Morgan fingerprint density at radius 1 is 1.38 bits per heavy atom. The summed E-state index contributed by atoms with van der Waals surface area (Å²) in [7, 11) is -2.73. The van der Waals surface area contributed by atoms with Gasteiger partial charge < -0.3 is 4.89 Å². The maximum absolute atomic E-state index is 11.3. The van der Waals surface area contributed by atoms with Gasteiger partial charge >= 0.3 is 0 Å². The van der Waals surface area contributed by atoms with Crippen LogP contribution in [0.25, 0.3) is 0 Å². The Morgan fingerprint density at radius 2 is 1.92 bits per heavy atom. The van der Waals surface area contributed by atoms with Gasteiger partial charge in [-0.25, -0.2) is 0 Å². The van der Waals surface area contributed by atoms with Gasteiger partial charge in [0.2, 0.25) is 0 Å². The van der Waals surface area contributed by atoms with Crippen LogP contribution in [0.5, 0.6) is 0 Å². The van der Waals surface area contributed by atoms with Gasteiger partial charge in [0.25, 0.3) is 0 Å². The summed E-state index contributed by atoms with van der Waals surface area (Å²) in [4.78, 5) is 9.34. The molecule has 1 saturated carbocycles. The molecular weight excluding hydrogens is 227 g/mol. The predicted octanol–water partition coefficient (Wildman–Crippen LogP) is 2.85. The van der Waals surface area contributed by atoms with Crippen molar-refractivity contribution in [3.63, 3.8) is 0 Å². The molecule has 0 heterocycles. The van der Waals surface area contributed by atoms with Crippen molar-refractivity contribution in [1.82, 2.24) is 0 Å². The van der Waals surface area contributed by atoms with Crippen molar-refractivity contribution in [3.8, 4) is 0 Å². The molecule has 0 spiro atoms. The van der Waals surface area contributed by atoms with Crippen molar-refractivity contribution in [3.05, 3.63) is 0 Å². The largest absolute Gasteiger partial charge is 0.344 e. The van der Waals surface area contributed by atoms with Crippen molar-refractivity contribution < 1.29 is 26.5 Å². The molecule has 0 aromatic heterocycles. The Kier molecular flexibility index (Phi) is 6.58. The minimum atomic E-state index is -2.73. The molecule has 1 fully saturated rings. The normalized spacial score (nSPS) is 22.3. The molecule has 0 bridgehead atoms. The fourth-order valence-electron chi connectivity index (χ4n) is 1.84. The molecule has 0 aromatic carbocycles. The minimum Gasteiger partial charge on any atom is -0.344 e. The summed E-state index contributed by atoms with van der Waals surface area (Å²) in [5.41, 5.74) is 0. The van der Waals surface area contributed by atoms with Crippen LogP contribution >= 0.6 is 7.37 Å². The molecule has 0 radical (unpaired) electrons. The van der Waals surface area contributed by atoms with Gasteiger partial charge in [0.05, 0.1) is 0 Å². The van der Waals surface area contributed by atoms with Gasteiger partial charge in [-0.15, -0.1) is 0 Å². The SMILES string of the molecule is CCP(=O)(O)CCC1CCCC1.[Fe]. The summed E-state index contributed by atoms with van der Waals surface area (Å²) in [6.07, 6.45) is 7.18. The van der Waals surface area contributed by atoms with Crippen LogP contribution in [-0.4, -0.2) is 17.2 Å². The maximum Gasteiger partial charge on any atom is 0.200 e. The molecule has 0 aromatic rings. The van der Waals surface area contributed by atoms with Crippen molar-refractivity contribution in [2.45, 2.75) is 39.0 Å². The maximum atomic E-state index is 11.3. The molecule has 4 heteroatoms. The fourth-order valence-corrected chi connectivity index (χ4v) is 2.93. The predicted molar refractivity (Wildman–Crippen MR) is 51.8 cm³/mol. The second-order valence-corrected chi connectivity index (χ2v) is 6.60. The summed E-state index contributed by atoms with van der Waals surface area (Å²) in [6, 6.07) is 0. The van der Waals surface area contributed by atoms with Crippen LogP contribution in [-0.2, 0) is 21.6 Å². The van der Waals surface area contributed by atoms with E-state index in [4.69, 9.17) is 0 Å². The van der Waals surface area contributed by atoms with E-state index in [1.165, 1.54) is 25.7 Å². The molecule has 1 aliphatic rings. The summed E-state index contributed by atoms with van der Waals surface area (Å²) < 4.78 is 11.3. The van der Waals surface area contributed by atoms with E-state index in [1.807, 2.05) is 0 Å². The second kappa shape index (κ2) is 6.24. The molecule has 80 valence electrons. The van der Waals surface area contributed by atoms with Crippen LogP contribution in [0.2, 0.25) is 0 Å².